The average molecular weight is 817 g/mol. The Kier molecular flexibility index (Phi) is 12.1. The fourth-order valence-corrected chi connectivity index (χ4v) is 8.65. The van der Waals surface area contributed by atoms with Gasteiger partial charge >= 0.3 is 18.2 Å². The fraction of sp³-hybridized carbons (Fsp3) is 0.649. The highest BCUT2D eigenvalue weighted by molar-refractivity contribution is 7.91. The molecule has 0 bridgehead atoms. The molecule has 3 fully saturated rings. The van der Waals surface area contributed by atoms with Gasteiger partial charge in [0.25, 0.3) is 5.91 Å². The Bertz CT molecular complexity index is 1850. The Morgan fingerprint density at radius 1 is 1.07 bits per heavy atom. The Morgan fingerprint density at radius 3 is 2.38 bits per heavy atom. The average Bonchev–Trinajstić information content (AvgIpc) is 4.02. The number of nitrogens with zero attached hydrogens (tertiary/aromatic N) is 1. The second kappa shape index (κ2) is 15.8. The number of hydrogen-bond acceptors (Lipinski definition) is 10. The summed E-state index contributed by atoms with van der Waals surface area (Å²) in [6.45, 7) is 3.18. The lowest BCUT2D eigenvalue weighted by atomic mass is 9.88. The number of esters is 1. The molecule has 0 aromatic heterocycles. The molecule has 2 aliphatic heterocycles. The van der Waals surface area contributed by atoms with E-state index in [1.165, 1.54) is 19.2 Å². The second-order valence-electron chi connectivity index (χ2n) is 15.8. The van der Waals surface area contributed by atoms with Crippen molar-refractivity contribution in [3.8, 4) is 5.75 Å². The first-order chi connectivity index (χ1) is 26.1. The van der Waals surface area contributed by atoms with Crippen molar-refractivity contribution in [2.75, 3.05) is 20.3 Å². The summed E-state index contributed by atoms with van der Waals surface area (Å²) in [6.07, 6.45) is -3.17. The SMILES string of the molecule is COc1ccccc1C(=O)O[C@@H]1C[C@H]2C(=O)N[C@]3(C(=O)NS(=O)(=O)C4(CF)CC4)CC3/C=C\CC[C@H](C)C[C@@H](C)[C@H](NC(=O)OC(C)(C)C(F)(F)F)C(=O)N2C1. The largest absolute Gasteiger partial charge is 0.496 e. The normalized spacial score (nSPS) is 29.9. The zero-order chi connectivity index (χ0) is 41.4. The van der Waals surface area contributed by atoms with Crippen LogP contribution in [0, 0.1) is 17.8 Å². The maximum Gasteiger partial charge on any atom is 0.427 e. The van der Waals surface area contributed by atoms with Crippen LogP contribution < -0.4 is 20.1 Å². The Labute approximate surface area is 322 Å². The second-order valence-corrected chi connectivity index (χ2v) is 17.9. The van der Waals surface area contributed by atoms with Gasteiger partial charge in [-0.15, -0.1) is 0 Å². The first kappa shape index (κ1) is 42.7. The summed E-state index contributed by atoms with van der Waals surface area (Å²) in [6, 6.07) is 3.15. The molecule has 2 heterocycles. The van der Waals surface area contributed by atoms with E-state index in [-0.39, 0.29) is 42.9 Å². The highest BCUT2D eigenvalue weighted by atomic mass is 32.2. The number of rotatable bonds is 9. The number of ether oxygens (including phenoxy) is 3. The molecule has 2 aliphatic carbocycles. The number of carbonyl (C=O) groups excluding carboxylic acids is 5. The van der Waals surface area contributed by atoms with Crippen molar-refractivity contribution in [3.63, 3.8) is 0 Å². The van der Waals surface area contributed by atoms with Crippen LogP contribution in [0.4, 0.5) is 22.4 Å². The van der Waals surface area contributed by atoms with Gasteiger partial charge in [0, 0.05) is 12.3 Å². The van der Waals surface area contributed by atoms with Gasteiger partial charge in [0.2, 0.25) is 27.4 Å². The first-order valence-electron chi connectivity index (χ1n) is 18.4. The molecule has 0 spiro atoms. The summed E-state index contributed by atoms with van der Waals surface area (Å²) in [4.78, 5) is 70.0. The summed E-state index contributed by atoms with van der Waals surface area (Å²) < 4.78 is 96.9. The molecule has 2 saturated carbocycles. The van der Waals surface area contributed by atoms with Crippen LogP contribution in [0.1, 0.15) is 83.0 Å². The Balaban J connectivity index is 1.49. The predicted molar refractivity (Wildman–Crippen MR) is 191 cm³/mol. The predicted octanol–water partition coefficient (Wildman–Crippen LogP) is 4.09. The lowest BCUT2D eigenvalue weighted by Crippen LogP contribution is -2.60. The molecule has 4 aliphatic rings. The van der Waals surface area contributed by atoms with E-state index in [0.29, 0.717) is 33.1 Å². The fourth-order valence-electron chi connectivity index (χ4n) is 7.22. The molecule has 7 atom stereocenters. The highest BCUT2D eigenvalue weighted by Gasteiger charge is 2.64. The number of carbonyl (C=O) groups is 5. The molecule has 1 saturated heterocycles. The smallest absolute Gasteiger partial charge is 0.427 e. The van der Waals surface area contributed by atoms with Crippen LogP contribution >= 0.6 is 0 Å². The van der Waals surface area contributed by atoms with Gasteiger partial charge in [0.05, 0.1) is 13.7 Å². The number of para-hydroxylation sites is 1. The van der Waals surface area contributed by atoms with Crippen LogP contribution in [0.15, 0.2) is 36.4 Å². The Morgan fingerprint density at radius 2 is 1.75 bits per heavy atom. The van der Waals surface area contributed by atoms with E-state index in [2.05, 4.69) is 10.6 Å². The van der Waals surface area contributed by atoms with E-state index in [1.54, 1.807) is 31.2 Å². The third-order valence-electron chi connectivity index (χ3n) is 11.2. The van der Waals surface area contributed by atoms with Gasteiger partial charge in [-0.2, -0.15) is 13.2 Å². The molecule has 4 amide bonds. The molecule has 310 valence electrons. The zero-order valence-electron chi connectivity index (χ0n) is 31.7. The van der Waals surface area contributed by atoms with Crippen molar-refractivity contribution < 1.29 is 64.2 Å². The molecular weight excluding hydrogens is 768 g/mol. The van der Waals surface area contributed by atoms with Crippen molar-refractivity contribution in [2.45, 2.75) is 113 Å². The van der Waals surface area contributed by atoms with E-state index in [1.807, 2.05) is 11.6 Å². The van der Waals surface area contributed by atoms with Crippen molar-refractivity contribution in [1.29, 1.82) is 0 Å². The summed E-state index contributed by atoms with van der Waals surface area (Å²) in [5.41, 5.74) is -4.69. The number of sulfonamides is 1. The number of amides is 4. The molecular formula is C37H48F4N4O10S. The molecule has 1 aromatic rings. The minimum Gasteiger partial charge on any atom is -0.496 e. The van der Waals surface area contributed by atoms with Gasteiger partial charge in [0.15, 0.2) is 0 Å². The third-order valence-corrected chi connectivity index (χ3v) is 13.3. The number of halogens is 4. The van der Waals surface area contributed by atoms with E-state index in [0.717, 1.165) is 4.90 Å². The lowest BCUT2D eigenvalue weighted by Gasteiger charge is -2.34. The molecule has 56 heavy (non-hydrogen) atoms. The molecule has 1 unspecified atom stereocenters. The van der Waals surface area contributed by atoms with Gasteiger partial charge in [-0.25, -0.2) is 22.4 Å². The minimum atomic E-state index is -4.95. The van der Waals surface area contributed by atoms with Crippen LogP contribution in [0.3, 0.4) is 0 Å². The van der Waals surface area contributed by atoms with Crippen molar-refractivity contribution in [3.05, 3.63) is 42.0 Å². The van der Waals surface area contributed by atoms with Crippen LogP contribution in [-0.2, 0) is 33.9 Å². The topological polar surface area (TPSA) is 187 Å². The first-order valence-corrected chi connectivity index (χ1v) is 19.9. The standard InChI is InChI=1S/C37H48F4N4O10S/c1-21-10-6-7-11-23-18-36(23,32(49)44-56(51,52)35(20-38)14-15-35)43-29(46)26-17-24(54-31(48)25-12-8-9-13-27(25)53-5)19-45(26)30(47)28(22(2)16-21)42-33(50)55-34(3,4)37(39,40)41/h7-9,11-13,21-24,26,28H,6,10,14-20H2,1-5H3,(H,42,50)(H,43,46)(H,44,49)/b11-7-/t21-,22+,23?,24+,26-,28-,36+/m0/s1. The molecule has 0 radical (unpaired) electrons. The highest BCUT2D eigenvalue weighted by Crippen LogP contribution is 2.48. The van der Waals surface area contributed by atoms with Gasteiger partial charge in [-0.3, -0.25) is 19.1 Å². The van der Waals surface area contributed by atoms with Crippen LogP contribution in [0.2, 0.25) is 0 Å². The number of nitrogens with one attached hydrogen (secondary N) is 3. The number of benzene rings is 1. The lowest BCUT2D eigenvalue weighted by molar-refractivity contribution is -0.244. The quantitative estimate of drug-likeness (QED) is 0.186. The number of methoxy groups -OCH3 is 1. The van der Waals surface area contributed by atoms with E-state index < -0.39 is 105 Å². The van der Waals surface area contributed by atoms with Crippen molar-refractivity contribution in [1.82, 2.24) is 20.3 Å². The molecule has 14 nitrogen and oxygen atoms in total. The number of alkyl carbamates (subject to hydrolysis) is 1. The summed E-state index contributed by atoms with van der Waals surface area (Å²) in [7, 11) is -3.14. The van der Waals surface area contributed by atoms with E-state index >= 15 is 0 Å². The molecule has 19 heteroatoms. The monoisotopic (exact) mass is 816 g/mol. The Hall–Kier alpha value is -4.42. The number of alkyl halides is 4. The van der Waals surface area contributed by atoms with Gasteiger partial charge < -0.3 is 29.7 Å². The van der Waals surface area contributed by atoms with Crippen molar-refractivity contribution >= 4 is 39.8 Å². The zero-order valence-corrected chi connectivity index (χ0v) is 32.6. The van der Waals surface area contributed by atoms with Crippen molar-refractivity contribution in [2.24, 2.45) is 17.8 Å². The third kappa shape index (κ3) is 8.76. The van der Waals surface area contributed by atoms with E-state index in [4.69, 9.17) is 14.2 Å². The summed E-state index contributed by atoms with van der Waals surface area (Å²) in [5.74, 6) is -5.08. The molecule has 3 N–H and O–H groups in total. The number of allylic oxidation sites excluding steroid dienone is 1. The van der Waals surface area contributed by atoms with Crippen LogP contribution in [-0.4, -0.2) is 104 Å². The molecule has 1 aromatic carbocycles. The maximum absolute atomic E-state index is 14.6. The van der Waals surface area contributed by atoms with Gasteiger partial charge in [0.1, 0.15) is 46.5 Å². The maximum atomic E-state index is 14.6. The van der Waals surface area contributed by atoms with Crippen LogP contribution in [0.5, 0.6) is 5.75 Å². The molecule has 5 rings (SSSR count). The summed E-state index contributed by atoms with van der Waals surface area (Å²) in [5, 5.41) is 4.93. The van der Waals surface area contributed by atoms with Crippen LogP contribution in [0.25, 0.3) is 0 Å². The van der Waals surface area contributed by atoms with E-state index in [9.17, 15) is 50.0 Å². The minimum absolute atomic E-state index is 0.00989. The van der Waals surface area contributed by atoms with Gasteiger partial charge in [-0.1, -0.05) is 38.1 Å². The number of hydrogen-bond donors (Lipinski definition) is 3. The van der Waals surface area contributed by atoms with Gasteiger partial charge in [-0.05, 0) is 76.3 Å². The summed E-state index contributed by atoms with van der Waals surface area (Å²) >= 11 is 0. The number of fused-ring (bicyclic) bond motifs is 2.